The van der Waals surface area contributed by atoms with Crippen LogP contribution >= 0.6 is 0 Å². The molecule has 0 unspecified atom stereocenters. The van der Waals surface area contributed by atoms with Gasteiger partial charge in [0.05, 0.1) is 0 Å². The molecule has 0 rings (SSSR count). The van der Waals surface area contributed by atoms with Gasteiger partial charge in [0.2, 0.25) is 0 Å². The molecule has 0 saturated heterocycles. The quantitative estimate of drug-likeness (QED) is 0.455. The molecule has 58 valence electrons. The fourth-order valence-corrected chi connectivity index (χ4v) is 0.431. The van der Waals surface area contributed by atoms with Gasteiger partial charge in [0.25, 0.3) is 0 Å². The molecule has 0 aromatic carbocycles. The second kappa shape index (κ2) is 4.85. The van der Waals surface area contributed by atoms with Gasteiger partial charge in [0, 0.05) is 18.3 Å². The van der Waals surface area contributed by atoms with Gasteiger partial charge < -0.3 is 10.4 Å². The summed E-state index contributed by atoms with van der Waals surface area (Å²) in [6.07, 6.45) is 2.52. The molecule has 0 aliphatic carbocycles. The second-order valence-electron chi connectivity index (χ2n) is 2.09. The van der Waals surface area contributed by atoms with E-state index in [2.05, 4.69) is 5.32 Å². The first-order valence-electron chi connectivity index (χ1n) is 3.32. The molecule has 0 radical (unpaired) electrons. The van der Waals surface area contributed by atoms with Crippen molar-refractivity contribution < 1.29 is 9.90 Å². The summed E-state index contributed by atoms with van der Waals surface area (Å²) < 4.78 is 0. The molecule has 0 spiro atoms. The van der Waals surface area contributed by atoms with Crippen molar-refractivity contribution in [3.05, 3.63) is 11.8 Å². The van der Waals surface area contributed by atoms with Gasteiger partial charge in [0.15, 0.2) is 0 Å². The highest BCUT2D eigenvalue weighted by atomic mass is 16.4. The van der Waals surface area contributed by atoms with Gasteiger partial charge in [-0.3, -0.25) is 0 Å². The van der Waals surface area contributed by atoms with Gasteiger partial charge in [-0.05, 0) is 13.3 Å². The molecule has 0 aliphatic rings. The normalized spacial score (nSPS) is 11.2. The number of hydrogen-bond acceptors (Lipinski definition) is 2. The van der Waals surface area contributed by atoms with Crippen LogP contribution in [0.1, 0.15) is 20.3 Å². The van der Waals surface area contributed by atoms with E-state index >= 15 is 0 Å². The minimum atomic E-state index is -0.872. The lowest BCUT2D eigenvalue weighted by molar-refractivity contribution is -0.132. The molecule has 0 bridgehead atoms. The number of nitrogens with one attached hydrogen (secondary N) is 1. The van der Waals surface area contributed by atoms with E-state index in [1.807, 2.05) is 6.92 Å². The Hall–Kier alpha value is -0.990. The van der Waals surface area contributed by atoms with Crippen molar-refractivity contribution >= 4 is 5.97 Å². The SMILES string of the molecule is CCCN/C=C(\C)C(=O)O. The summed E-state index contributed by atoms with van der Waals surface area (Å²) in [5, 5.41) is 11.2. The number of rotatable bonds is 4. The zero-order valence-electron chi connectivity index (χ0n) is 6.35. The molecule has 10 heavy (non-hydrogen) atoms. The van der Waals surface area contributed by atoms with Crippen molar-refractivity contribution in [1.82, 2.24) is 5.32 Å². The fraction of sp³-hybridized carbons (Fsp3) is 0.571. The van der Waals surface area contributed by atoms with Crippen LogP contribution in [0.4, 0.5) is 0 Å². The molecule has 0 aromatic heterocycles. The standard InChI is InChI=1S/C7H13NO2/c1-3-4-8-5-6(2)7(9)10/h5,8H,3-4H2,1-2H3,(H,9,10)/b6-5+. The number of carboxylic acids is 1. The Balaban J connectivity index is 3.58. The van der Waals surface area contributed by atoms with Crippen LogP contribution in [0.15, 0.2) is 11.8 Å². The van der Waals surface area contributed by atoms with Gasteiger partial charge in [-0.25, -0.2) is 4.79 Å². The molecule has 0 heterocycles. The molecule has 0 atom stereocenters. The second-order valence-corrected chi connectivity index (χ2v) is 2.09. The lowest BCUT2D eigenvalue weighted by Gasteiger charge is -1.96. The van der Waals surface area contributed by atoms with Crippen molar-refractivity contribution in [1.29, 1.82) is 0 Å². The Labute approximate surface area is 60.7 Å². The smallest absolute Gasteiger partial charge is 0.332 e. The Kier molecular flexibility index (Phi) is 4.37. The first-order valence-corrected chi connectivity index (χ1v) is 3.32. The third kappa shape index (κ3) is 3.95. The van der Waals surface area contributed by atoms with Crippen molar-refractivity contribution in [2.24, 2.45) is 0 Å². The summed E-state index contributed by atoms with van der Waals surface area (Å²) >= 11 is 0. The highest BCUT2D eigenvalue weighted by Crippen LogP contribution is 1.87. The number of aliphatic carboxylic acids is 1. The molecule has 3 nitrogen and oxygen atoms in total. The highest BCUT2D eigenvalue weighted by molar-refractivity contribution is 5.85. The summed E-state index contributed by atoms with van der Waals surface area (Å²) in [5.41, 5.74) is 0.341. The third-order valence-corrected chi connectivity index (χ3v) is 1.05. The molecule has 0 fully saturated rings. The highest BCUT2D eigenvalue weighted by Gasteiger charge is 1.96. The molecule has 0 aliphatic heterocycles. The molecule has 3 heteroatoms. The van der Waals surface area contributed by atoms with Gasteiger partial charge in [-0.2, -0.15) is 0 Å². The van der Waals surface area contributed by atoms with Crippen LogP contribution in [0.5, 0.6) is 0 Å². The van der Waals surface area contributed by atoms with Crippen molar-refractivity contribution in [2.75, 3.05) is 6.54 Å². The maximum Gasteiger partial charge on any atom is 0.332 e. The number of carboxylic acid groups (broad SMARTS) is 1. The van der Waals surface area contributed by atoms with Gasteiger partial charge in [-0.1, -0.05) is 6.92 Å². The average Bonchev–Trinajstić information content (AvgIpc) is 1.88. The summed E-state index contributed by atoms with van der Waals surface area (Å²) in [6.45, 7) is 4.41. The fourth-order valence-electron chi connectivity index (χ4n) is 0.431. The molecule has 2 N–H and O–H groups in total. The van der Waals surface area contributed by atoms with Crippen molar-refractivity contribution in [3.8, 4) is 0 Å². The van der Waals surface area contributed by atoms with E-state index < -0.39 is 5.97 Å². The van der Waals surface area contributed by atoms with Gasteiger partial charge in [-0.15, -0.1) is 0 Å². The third-order valence-electron chi connectivity index (χ3n) is 1.05. The molecule has 0 aromatic rings. The van der Waals surface area contributed by atoms with Crippen molar-refractivity contribution in [2.45, 2.75) is 20.3 Å². The van der Waals surface area contributed by atoms with Crippen LogP contribution in [-0.2, 0) is 4.79 Å². The predicted molar refractivity (Wildman–Crippen MR) is 39.7 cm³/mol. The summed E-state index contributed by atoms with van der Waals surface area (Å²) in [7, 11) is 0. The monoisotopic (exact) mass is 143 g/mol. The van der Waals surface area contributed by atoms with E-state index in [4.69, 9.17) is 5.11 Å². The maximum absolute atomic E-state index is 10.2. The van der Waals surface area contributed by atoms with Gasteiger partial charge in [0.1, 0.15) is 0 Å². The first-order chi connectivity index (χ1) is 4.68. The Morgan fingerprint density at radius 1 is 1.70 bits per heavy atom. The minimum Gasteiger partial charge on any atom is -0.478 e. The molecule has 0 amide bonds. The molecular formula is C7H13NO2. The summed E-state index contributed by atoms with van der Waals surface area (Å²) in [6, 6.07) is 0. The Morgan fingerprint density at radius 2 is 2.30 bits per heavy atom. The largest absolute Gasteiger partial charge is 0.478 e. The molecule has 0 saturated carbocycles. The predicted octanol–water partition coefficient (Wildman–Crippen LogP) is 0.974. The maximum atomic E-state index is 10.2. The minimum absolute atomic E-state index is 0.341. The van der Waals surface area contributed by atoms with Crippen molar-refractivity contribution in [3.63, 3.8) is 0 Å². The van der Waals surface area contributed by atoms with E-state index in [0.29, 0.717) is 5.57 Å². The van der Waals surface area contributed by atoms with E-state index in [1.165, 1.54) is 6.20 Å². The zero-order chi connectivity index (χ0) is 7.98. The van der Waals surface area contributed by atoms with Crippen LogP contribution in [0.3, 0.4) is 0 Å². The van der Waals surface area contributed by atoms with E-state index in [1.54, 1.807) is 6.92 Å². The Morgan fingerprint density at radius 3 is 2.70 bits per heavy atom. The van der Waals surface area contributed by atoms with Crippen LogP contribution in [-0.4, -0.2) is 17.6 Å². The Bertz CT molecular complexity index is 141. The zero-order valence-corrected chi connectivity index (χ0v) is 6.35. The van der Waals surface area contributed by atoms with Crippen LogP contribution in [0, 0.1) is 0 Å². The average molecular weight is 143 g/mol. The van der Waals surface area contributed by atoms with E-state index in [0.717, 1.165) is 13.0 Å². The van der Waals surface area contributed by atoms with Crippen LogP contribution < -0.4 is 5.32 Å². The van der Waals surface area contributed by atoms with Crippen LogP contribution in [0.2, 0.25) is 0 Å². The molecular weight excluding hydrogens is 130 g/mol. The van der Waals surface area contributed by atoms with E-state index in [9.17, 15) is 4.79 Å². The summed E-state index contributed by atoms with van der Waals surface area (Å²) in [4.78, 5) is 10.2. The topological polar surface area (TPSA) is 49.3 Å². The van der Waals surface area contributed by atoms with Gasteiger partial charge >= 0.3 is 5.97 Å². The lowest BCUT2D eigenvalue weighted by Crippen LogP contribution is -2.09. The number of carbonyl (C=O) groups is 1. The first kappa shape index (κ1) is 9.01. The van der Waals surface area contributed by atoms with E-state index in [-0.39, 0.29) is 0 Å². The number of hydrogen-bond donors (Lipinski definition) is 2. The lowest BCUT2D eigenvalue weighted by atomic mass is 10.3. The summed E-state index contributed by atoms with van der Waals surface area (Å²) in [5.74, 6) is -0.872. The van der Waals surface area contributed by atoms with Crippen LogP contribution in [0.25, 0.3) is 0 Å².